The number of anilines is 3. The molecule has 0 radical (unpaired) electrons. The van der Waals surface area contributed by atoms with Crippen molar-refractivity contribution in [3.63, 3.8) is 0 Å². The first-order chi connectivity index (χ1) is 23.6. The SMILES string of the molecule is CC(C)(C)c1c[c-]n(-c2cccc(N(c3cccc(-n4[c-]cc(C(C)(C)C)n4)n3)c3c(-c4ccccc4)cccc3-c3ccccc3)n2)n1.[Pt+2]. The largest absolute Gasteiger partial charge is 2.00 e. The van der Waals surface area contributed by atoms with E-state index in [2.05, 4.69) is 126 Å². The molecule has 0 aliphatic rings. The number of aromatic nitrogens is 6. The monoisotopic (exact) mass is 836 g/mol. The summed E-state index contributed by atoms with van der Waals surface area (Å²) in [6, 6.07) is 43.1. The summed E-state index contributed by atoms with van der Waals surface area (Å²) in [5, 5.41) is 9.71. The van der Waals surface area contributed by atoms with E-state index in [0.717, 1.165) is 39.3 Å². The third-order valence-corrected chi connectivity index (χ3v) is 8.36. The molecule has 0 saturated carbocycles. The minimum atomic E-state index is -0.120. The van der Waals surface area contributed by atoms with Crippen LogP contribution in [-0.4, -0.2) is 29.5 Å². The van der Waals surface area contributed by atoms with Gasteiger partial charge < -0.3 is 9.36 Å². The van der Waals surface area contributed by atoms with Gasteiger partial charge in [-0.15, -0.1) is 12.1 Å². The van der Waals surface area contributed by atoms with Crippen LogP contribution < -0.4 is 4.90 Å². The molecular weight excluding hydrogens is 798 g/mol. The topological polar surface area (TPSA) is 64.7 Å². The Bertz CT molecular complexity index is 2050. The van der Waals surface area contributed by atoms with E-state index in [-0.39, 0.29) is 31.9 Å². The number of para-hydroxylation sites is 1. The molecule has 7 rings (SSSR count). The molecule has 7 nitrogen and oxygen atoms in total. The second-order valence-corrected chi connectivity index (χ2v) is 14.1. The number of benzene rings is 3. The normalized spacial score (nSPS) is 11.6. The molecule has 3 aromatic carbocycles. The molecular formula is C42H39N7Pt. The molecule has 0 amide bonds. The van der Waals surface area contributed by atoms with Gasteiger partial charge in [-0.1, -0.05) is 157 Å². The second-order valence-electron chi connectivity index (χ2n) is 14.1. The maximum Gasteiger partial charge on any atom is 2.00 e. The van der Waals surface area contributed by atoms with Crippen molar-refractivity contribution in [2.24, 2.45) is 0 Å². The van der Waals surface area contributed by atoms with E-state index in [4.69, 9.17) is 20.2 Å². The molecule has 0 spiro atoms. The fraction of sp³-hybridized carbons (Fsp3) is 0.190. The first kappa shape index (κ1) is 34.7. The average molecular weight is 837 g/mol. The molecule has 0 bridgehead atoms. The summed E-state index contributed by atoms with van der Waals surface area (Å²) in [5.41, 5.74) is 6.85. The summed E-state index contributed by atoms with van der Waals surface area (Å²) in [6.45, 7) is 12.9. The Morgan fingerprint density at radius 1 is 0.500 bits per heavy atom. The summed E-state index contributed by atoms with van der Waals surface area (Å²) in [4.78, 5) is 12.6. The van der Waals surface area contributed by atoms with Gasteiger partial charge in [0.05, 0.1) is 17.3 Å². The Hall–Kier alpha value is -5.13. The Morgan fingerprint density at radius 3 is 1.28 bits per heavy atom. The maximum absolute atomic E-state index is 5.22. The van der Waals surface area contributed by atoms with E-state index in [1.54, 1.807) is 9.36 Å². The first-order valence-electron chi connectivity index (χ1n) is 16.5. The van der Waals surface area contributed by atoms with Gasteiger partial charge in [0, 0.05) is 11.1 Å². The van der Waals surface area contributed by atoms with Gasteiger partial charge in [0.1, 0.15) is 11.6 Å². The van der Waals surface area contributed by atoms with Gasteiger partial charge in [0.15, 0.2) is 0 Å². The first-order valence-corrected chi connectivity index (χ1v) is 16.5. The van der Waals surface area contributed by atoms with Gasteiger partial charge in [0.2, 0.25) is 0 Å². The van der Waals surface area contributed by atoms with Gasteiger partial charge in [0.25, 0.3) is 0 Å². The van der Waals surface area contributed by atoms with Crippen LogP contribution >= 0.6 is 0 Å². The molecule has 0 aliphatic carbocycles. The summed E-state index contributed by atoms with van der Waals surface area (Å²) in [7, 11) is 0. The molecule has 4 heterocycles. The van der Waals surface area contributed by atoms with Crippen LogP contribution in [0.2, 0.25) is 0 Å². The number of rotatable bonds is 7. The fourth-order valence-corrected chi connectivity index (χ4v) is 5.68. The maximum atomic E-state index is 5.22. The van der Waals surface area contributed by atoms with E-state index in [1.807, 2.05) is 60.7 Å². The Labute approximate surface area is 308 Å². The van der Waals surface area contributed by atoms with E-state index in [0.29, 0.717) is 23.3 Å². The van der Waals surface area contributed by atoms with Crippen LogP contribution in [0.15, 0.2) is 127 Å². The third-order valence-electron chi connectivity index (χ3n) is 8.36. The van der Waals surface area contributed by atoms with Crippen LogP contribution in [0.5, 0.6) is 0 Å². The second kappa shape index (κ2) is 14.0. The summed E-state index contributed by atoms with van der Waals surface area (Å²) < 4.78 is 3.44. The third kappa shape index (κ3) is 7.10. The molecule has 7 aromatic rings. The van der Waals surface area contributed by atoms with Crippen molar-refractivity contribution in [3.8, 4) is 33.9 Å². The number of pyridine rings is 2. The molecule has 252 valence electrons. The van der Waals surface area contributed by atoms with Crippen LogP contribution in [0.25, 0.3) is 33.9 Å². The molecule has 0 saturated heterocycles. The quantitative estimate of drug-likeness (QED) is 0.150. The fourth-order valence-electron chi connectivity index (χ4n) is 5.68. The van der Waals surface area contributed by atoms with E-state index < -0.39 is 0 Å². The average Bonchev–Trinajstić information content (AvgIpc) is 3.82. The van der Waals surface area contributed by atoms with Crippen LogP contribution in [0.4, 0.5) is 17.3 Å². The smallest absolute Gasteiger partial charge is 0.343 e. The van der Waals surface area contributed by atoms with Crippen molar-refractivity contribution in [2.45, 2.75) is 52.4 Å². The van der Waals surface area contributed by atoms with Crippen LogP contribution in [-0.2, 0) is 31.9 Å². The molecule has 0 aliphatic heterocycles. The minimum absolute atomic E-state index is 0. The number of nitrogens with zero attached hydrogens (tertiary/aromatic N) is 7. The predicted octanol–water partition coefficient (Wildman–Crippen LogP) is 9.84. The molecule has 0 fully saturated rings. The van der Waals surface area contributed by atoms with E-state index >= 15 is 0 Å². The Morgan fingerprint density at radius 2 is 0.900 bits per heavy atom. The van der Waals surface area contributed by atoms with Crippen molar-refractivity contribution in [3.05, 3.63) is 151 Å². The summed E-state index contributed by atoms with van der Waals surface area (Å²) in [5.74, 6) is 2.68. The van der Waals surface area contributed by atoms with Crippen LogP contribution in [0.3, 0.4) is 0 Å². The van der Waals surface area contributed by atoms with Gasteiger partial charge >= 0.3 is 21.1 Å². The van der Waals surface area contributed by atoms with Crippen molar-refractivity contribution in [2.75, 3.05) is 4.90 Å². The van der Waals surface area contributed by atoms with Crippen molar-refractivity contribution >= 4 is 17.3 Å². The number of hydrogen-bond acceptors (Lipinski definition) is 5. The Kier molecular flexibility index (Phi) is 9.73. The van der Waals surface area contributed by atoms with Crippen LogP contribution in [0, 0.1) is 12.4 Å². The minimum Gasteiger partial charge on any atom is -0.343 e. The van der Waals surface area contributed by atoms with E-state index in [1.165, 1.54) is 0 Å². The van der Waals surface area contributed by atoms with Crippen molar-refractivity contribution < 1.29 is 21.1 Å². The van der Waals surface area contributed by atoms with Gasteiger partial charge in [-0.05, 0) is 45.5 Å². The zero-order valence-electron chi connectivity index (χ0n) is 29.1. The zero-order valence-corrected chi connectivity index (χ0v) is 31.3. The summed E-state index contributed by atoms with van der Waals surface area (Å²) >= 11 is 0. The number of hydrogen-bond donors (Lipinski definition) is 0. The Balaban J connectivity index is 0.00000432. The van der Waals surface area contributed by atoms with Crippen molar-refractivity contribution in [1.82, 2.24) is 29.5 Å². The van der Waals surface area contributed by atoms with Crippen molar-refractivity contribution in [1.29, 1.82) is 0 Å². The molecule has 8 heteroatoms. The molecule has 50 heavy (non-hydrogen) atoms. The van der Waals surface area contributed by atoms with Gasteiger partial charge in [-0.2, -0.15) is 0 Å². The van der Waals surface area contributed by atoms with Gasteiger partial charge in [-0.25, -0.2) is 0 Å². The standard InChI is InChI=1S/C42H39N7.Pt/c1-41(2,3)34-26-28-47(45-34)36-22-14-24-38(43-36)49(39-25-15-23-37(44-39)48-29-27-35(46-48)42(4,5)6)40-32(30-16-9-7-10-17-30)20-13-21-33(40)31-18-11-8-12-19-31;/h7-27H,1-6H3;/q-2;+2. The molecule has 4 aromatic heterocycles. The molecule has 0 unspecified atom stereocenters. The summed E-state index contributed by atoms with van der Waals surface area (Å²) in [6.07, 6.45) is 6.57. The predicted molar refractivity (Wildman–Crippen MR) is 197 cm³/mol. The van der Waals surface area contributed by atoms with Crippen LogP contribution in [0.1, 0.15) is 52.9 Å². The zero-order chi connectivity index (χ0) is 34.2. The molecule has 0 atom stereocenters. The van der Waals surface area contributed by atoms with E-state index in [9.17, 15) is 0 Å². The molecule has 0 N–H and O–H groups in total. The van der Waals surface area contributed by atoms with Gasteiger partial charge in [-0.3, -0.25) is 25.1 Å².